The Balaban J connectivity index is 2.07. The highest BCUT2D eigenvalue weighted by Gasteiger charge is 2.00. The molecule has 1 heterocycles. The van der Waals surface area contributed by atoms with Crippen molar-refractivity contribution in [3.05, 3.63) is 57.6 Å². The van der Waals surface area contributed by atoms with Gasteiger partial charge in [0.05, 0.1) is 0 Å². The normalized spacial score (nSPS) is 10.5. The summed E-state index contributed by atoms with van der Waals surface area (Å²) in [5, 5.41) is 0. The van der Waals surface area contributed by atoms with Crippen molar-refractivity contribution >= 4 is 15.9 Å². The van der Waals surface area contributed by atoms with Crippen LogP contribution in [0.4, 0.5) is 0 Å². The SMILES string of the molecule is Cc1cc(CCc2cccc(Br)c2)nc(C)n1. The van der Waals surface area contributed by atoms with Crippen LogP contribution in [0.5, 0.6) is 0 Å². The second kappa shape index (κ2) is 5.41. The van der Waals surface area contributed by atoms with Gasteiger partial charge in [-0.15, -0.1) is 0 Å². The zero-order valence-corrected chi connectivity index (χ0v) is 11.7. The fraction of sp³-hybridized carbons (Fsp3) is 0.286. The van der Waals surface area contributed by atoms with Crippen molar-refractivity contribution in [2.24, 2.45) is 0 Å². The summed E-state index contributed by atoms with van der Waals surface area (Å²) in [6.07, 6.45) is 1.97. The Morgan fingerprint density at radius 3 is 2.59 bits per heavy atom. The van der Waals surface area contributed by atoms with Crippen molar-refractivity contribution in [2.75, 3.05) is 0 Å². The van der Waals surface area contributed by atoms with Gasteiger partial charge in [0.15, 0.2) is 0 Å². The maximum atomic E-state index is 4.45. The molecule has 0 bridgehead atoms. The van der Waals surface area contributed by atoms with E-state index in [0.717, 1.165) is 34.5 Å². The molecule has 2 rings (SSSR count). The third-order valence-electron chi connectivity index (χ3n) is 2.58. The van der Waals surface area contributed by atoms with E-state index in [2.05, 4.69) is 50.2 Å². The minimum Gasteiger partial charge on any atom is -0.239 e. The van der Waals surface area contributed by atoms with Crippen molar-refractivity contribution in [3.8, 4) is 0 Å². The highest BCUT2D eigenvalue weighted by atomic mass is 79.9. The number of aromatic nitrogens is 2. The molecule has 2 nitrogen and oxygen atoms in total. The van der Waals surface area contributed by atoms with Crippen LogP contribution in [0, 0.1) is 13.8 Å². The van der Waals surface area contributed by atoms with Crippen LogP contribution in [0.15, 0.2) is 34.8 Å². The van der Waals surface area contributed by atoms with Gasteiger partial charge in [0, 0.05) is 15.9 Å². The quantitative estimate of drug-likeness (QED) is 0.862. The first-order valence-corrected chi connectivity index (χ1v) is 6.48. The molecule has 0 aliphatic heterocycles. The van der Waals surface area contributed by atoms with Crippen molar-refractivity contribution in [3.63, 3.8) is 0 Å². The van der Waals surface area contributed by atoms with Crippen molar-refractivity contribution in [2.45, 2.75) is 26.7 Å². The van der Waals surface area contributed by atoms with Crippen LogP contribution in [-0.2, 0) is 12.8 Å². The third-order valence-corrected chi connectivity index (χ3v) is 3.07. The van der Waals surface area contributed by atoms with E-state index in [0.29, 0.717) is 0 Å². The summed E-state index contributed by atoms with van der Waals surface area (Å²) in [4.78, 5) is 8.73. The average Bonchev–Trinajstić information content (AvgIpc) is 2.25. The topological polar surface area (TPSA) is 25.8 Å². The molecule has 0 N–H and O–H groups in total. The van der Waals surface area contributed by atoms with Crippen LogP contribution >= 0.6 is 15.9 Å². The Morgan fingerprint density at radius 2 is 1.88 bits per heavy atom. The predicted octanol–water partition coefficient (Wildman–Crippen LogP) is 3.64. The summed E-state index contributed by atoms with van der Waals surface area (Å²) in [5.41, 5.74) is 3.49. The molecule has 0 atom stereocenters. The first-order valence-electron chi connectivity index (χ1n) is 5.69. The molecule has 0 unspecified atom stereocenters. The highest BCUT2D eigenvalue weighted by molar-refractivity contribution is 9.10. The molecule has 0 spiro atoms. The van der Waals surface area contributed by atoms with Crippen molar-refractivity contribution in [1.29, 1.82) is 0 Å². The molecule has 1 aromatic heterocycles. The third kappa shape index (κ3) is 3.63. The smallest absolute Gasteiger partial charge is 0.125 e. The first-order chi connectivity index (χ1) is 8.13. The second-order valence-electron chi connectivity index (χ2n) is 4.18. The fourth-order valence-corrected chi connectivity index (χ4v) is 2.33. The molecule has 0 amide bonds. The van der Waals surface area contributed by atoms with E-state index in [1.165, 1.54) is 5.56 Å². The summed E-state index contributed by atoms with van der Waals surface area (Å²) >= 11 is 3.49. The summed E-state index contributed by atoms with van der Waals surface area (Å²) in [5.74, 6) is 0.856. The molecule has 0 saturated carbocycles. The van der Waals surface area contributed by atoms with Gasteiger partial charge in [-0.05, 0) is 50.5 Å². The lowest BCUT2D eigenvalue weighted by Gasteiger charge is -2.04. The van der Waals surface area contributed by atoms with Crippen LogP contribution < -0.4 is 0 Å². The minimum atomic E-state index is 0.856. The van der Waals surface area contributed by atoms with Crippen molar-refractivity contribution in [1.82, 2.24) is 9.97 Å². The summed E-state index contributed by atoms with van der Waals surface area (Å²) in [6, 6.07) is 10.5. The number of hydrogen-bond donors (Lipinski definition) is 0. The van der Waals surface area contributed by atoms with Gasteiger partial charge in [-0.1, -0.05) is 28.1 Å². The van der Waals surface area contributed by atoms with Gasteiger partial charge < -0.3 is 0 Å². The molecule has 2 aromatic rings. The van der Waals surface area contributed by atoms with Gasteiger partial charge in [0.2, 0.25) is 0 Å². The van der Waals surface area contributed by atoms with E-state index < -0.39 is 0 Å². The van der Waals surface area contributed by atoms with E-state index in [-0.39, 0.29) is 0 Å². The molecule has 0 aliphatic carbocycles. The second-order valence-corrected chi connectivity index (χ2v) is 5.09. The summed E-state index contributed by atoms with van der Waals surface area (Å²) < 4.78 is 1.13. The number of halogens is 1. The number of aryl methyl sites for hydroxylation is 4. The van der Waals surface area contributed by atoms with Crippen LogP contribution in [0.2, 0.25) is 0 Å². The Bertz CT molecular complexity index is 503. The Kier molecular flexibility index (Phi) is 3.89. The van der Waals surface area contributed by atoms with Gasteiger partial charge in [0.1, 0.15) is 5.82 Å². The Labute approximate surface area is 110 Å². The largest absolute Gasteiger partial charge is 0.239 e. The molecule has 17 heavy (non-hydrogen) atoms. The zero-order valence-electron chi connectivity index (χ0n) is 10.1. The molecule has 0 aliphatic rings. The minimum absolute atomic E-state index is 0.856. The molecule has 0 saturated heterocycles. The fourth-order valence-electron chi connectivity index (χ4n) is 1.89. The van der Waals surface area contributed by atoms with Gasteiger partial charge >= 0.3 is 0 Å². The first kappa shape index (κ1) is 12.2. The Hall–Kier alpha value is -1.22. The molecule has 88 valence electrons. The molecule has 3 heteroatoms. The van der Waals surface area contributed by atoms with Crippen LogP contribution in [0.3, 0.4) is 0 Å². The number of rotatable bonds is 3. The van der Waals surface area contributed by atoms with E-state index in [4.69, 9.17) is 0 Å². The van der Waals surface area contributed by atoms with Crippen LogP contribution in [-0.4, -0.2) is 9.97 Å². The number of nitrogens with zero attached hydrogens (tertiary/aromatic N) is 2. The van der Waals surface area contributed by atoms with Crippen LogP contribution in [0.1, 0.15) is 22.8 Å². The van der Waals surface area contributed by atoms with Gasteiger partial charge in [-0.25, -0.2) is 9.97 Å². The standard InChI is InChI=1S/C14H15BrN2/c1-10-8-14(17-11(2)16-10)7-6-12-4-3-5-13(15)9-12/h3-5,8-9H,6-7H2,1-2H3. The summed E-state index contributed by atoms with van der Waals surface area (Å²) in [6.45, 7) is 3.95. The monoisotopic (exact) mass is 290 g/mol. The number of hydrogen-bond acceptors (Lipinski definition) is 2. The van der Waals surface area contributed by atoms with E-state index in [1.54, 1.807) is 0 Å². The zero-order chi connectivity index (χ0) is 12.3. The van der Waals surface area contributed by atoms with Gasteiger partial charge in [-0.2, -0.15) is 0 Å². The maximum Gasteiger partial charge on any atom is 0.125 e. The van der Waals surface area contributed by atoms with Gasteiger partial charge in [0.25, 0.3) is 0 Å². The average molecular weight is 291 g/mol. The predicted molar refractivity (Wildman–Crippen MR) is 73.1 cm³/mol. The lowest BCUT2D eigenvalue weighted by atomic mass is 10.1. The lowest BCUT2D eigenvalue weighted by molar-refractivity contribution is 0.868. The van der Waals surface area contributed by atoms with E-state index in [1.807, 2.05) is 19.9 Å². The lowest BCUT2D eigenvalue weighted by Crippen LogP contribution is -1.99. The maximum absolute atomic E-state index is 4.45. The van der Waals surface area contributed by atoms with Crippen molar-refractivity contribution < 1.29 is 0 Å². The Morgan fingerprint density at radius 1 is 1.06 bits per heavy atom. The summed E-state index contributed by atoms with van der Waals surface area (Å²) in [7, 11) is 0. The highest BCUT2D eigenvalue weighted by Crippen LogP contribution is 2.13. The van der Waals surface area contributed by atoms with E-state index in [9.17, 15) is 0 Å². The molecule has 0 radical (unpaired) electrons. The van der Waals surface area contributed by atoms with Gasteiger partial charge in [-0.3, -0.25) is 0 Å². The molecular formula is C14H15BrN2. The van der Waals surface area contributed by atoms with E-state index >= 15 is 0 Å². The molecular weight excluding hydrogens is 276 g/mol. The molecule has 1 aromatic carbocycles. The van der Waals surface area contributed by atoms with Crippen LogP contribution in [0.25, 0.3) is 0 Å². The number of benzene rings is 1. The molecule has 0 fully saturated rings.